The number of amidine groups is 1. The number of aryl methyl sites for hydroxylation is 1. The monoisotopic (exact) mass is 448 g/mol. The number of nitrogens with one attached hydrogen (secondary N) is 1. The lowest BCUT2D eigenvalue weighted by Crippen LogP contribution is -2.33. The molecule has 0 bridgehead atoms. The summed E-state index contributed by atoms with van der Waals surface area (Å²) in [4.78, 5) is 19.4. The fourth-order valence-corrected chi connectivity index (χ4v) is 4.19. The van der Waals surface area contributed by atoms with Gasteiger partial charge in [-0.3, -0.25) is 14.4 Å². The normalized spacial score (nSPS) is 16.2. The minimum Gasteiger partial charge on any atom is -0.479 e. The number of methoxy groups -OCH3 is 1. The molecule has 0 radical (unpaired) electrons. The maximum Gasteiger partial charge on any atom is 0.238 e. The van der Waals surface area contributed by atoms with Gasteiger partial charge in [-0.25, -0.2) is 19.8 Å². The first-order valence-electron chi connectivity index (χ1n) is 10.8. The molecule has 0 aliphatic carbocycles. The van der Waals surface area contributed by atoms with Crippen LogP contribution in [0, 0.1) is 12.7 Å². The average molecular weight is 449 g/mol. The van der Waals surface area contributed by atoms with Crippen LogP contribution in [0.3, 0.4) is 0 Å². The Morgan fingerprint density at radius 1 is 1.24 bits per heavy atom. The van der Waals surface area contributed by atoms with Crippen molar-refractivity contribution in [1.82, 2.24) is 24.6 Å². The molecule has 1 atom stereocenters. The lowest BCUT2D eigenvalue weighted by atomic mass is 10.1. The van der Waals surface area contributed by atoms with Gasteiger partial charge >= 0.3 is 0 Å². The molecule has 0 fully saturated rings. The molecule has 1 aliphatic heterocycles. The first-order valence-corrected chi connectivity index (χ1v) is 10.8. The first-order chi connectivity index (χ1) is 16.0. The van der Waals surface area contributed by atoms with Crippen molar-refractivity contribution in [3.05, 3.63) is 71.8 Å². The minimum absolute atomic E-state index is 0.180. The molecule has 3 aromatic heterocycles. The number of hydrogen-bond acceptors (Lipinski definition) is 6. The number of nitrogens with zero attached hydrogens (tertiary/aromatic N) is 5. The zero-order valence-corrected chi connectivity index (χ0v) is 18.9. The molecule has 5 rings (SSSR count). The van der Waals surface area contributed by atoms with Gasteiger partial charge in [0.1, 0.15) is 35.7 Å². The van der Waals surface area contributed by atoms with Crippen molar-refractivity contribution in [1.29, 1.82) is 0 Å². The van der Waals surface area contributed by atoms with Crippen LogP contribution in [-0.2, 0) is 4.84 Å². The molecule has 0 spiro atoms. The Morgan fingerprint density at radius 3 is 2.82 bits per heavy atom. The van der Waals surface area contributed by atoms with Crippen molar-refractivity contribution >= 4 is 16.7 Å². The summed E-state index contributed by atoms with van der Waals surface area (Å²) >= 11 is 0. The van der Waals surface area contributed by atoms with Crippen LogP contribution >= 0.6 is 0 Å². The maximum absolute atomic E-state index is 14.9. The zero-order chi connectivity index (χ0) is 23.1. The topological polar surface area (TPSA) is 78.5 Å². The highest BCUT2D eigenvalue weighted by atomic mass is 19.1. The lowest BCUT2D eigenvalue weighted by Gasteiger charge is -2.22. The Hall–Kier alpha value is -3.72. The number of hydrogen-bond donors (Lipinski definition) is 1. The maximum atomic E-state index is 14.9. The van der Waals surface area contributed by atoms with Crippen molar-refractivity contribution in [2.75, 3.05) is 13.7 Å². The summed E-state index contributed by atoms with van der Waals surface area (Å²) < 4.78 is 24.3. The van der Waals surface area contributed by atoms with Crippen LogP contribution in [0.4, 0.5) is 4.39 Å². The van der Waals surface area contributed by atoms with Gasteiger partial charge in [0.25, 0.3) is 0 Å². The summed E-state index contributed by atoms with van der Waals surface area (Å²) in [6.07, 6.45) is 5.54. The second kappa shape index (κ2) is 8.32. The van der Waals surface area contributed by atoms with E-state index in [0.29, 0.717) is 22.8 Å². The largest absolute Gasteiger partial charge is 0.479 e. The van der Waals surface area contributed by atoms with Gasteiger partial charge in [-0.2, -0.15) is 0 Å². The van der Waals surface area contributed by atoms with Crippen molar-refractivity contribution in [2.45, 2.75) is 32.9 Å². The number of aliphatic imine (C=N–C) groups is 1. The molecule has 1 aliphatic rings. The van der Waals surface area contributed by atoms with E-state index in [9.17, 15) is 4.39 Å². The predicted molar refractivity (Wildman–Crippen MR) is 123 cm³/mol. The van der Waals surface area contributed by atoms with Gasteiger partial charge in [0.15, 0.2) is 5.84 Å². The number of imidazole rings is 1. The van der Waals surface area contributed by atoms with Crippen LogP contribution in [-0.4, -0.2) is 38.7 Å². The van der Waals surface area contributed by atoms with Crippen LogP contribution in [0.25, 0.3) is 16.6 Å². The third-order valence-electron chi connectivity index (χ3n) is 5.81. The highest BCUT2D eigenvalue weighted by Crippen LogP contribution is 2.34. The summed E-state index contributed by atoms with van der Waals surface area (Å²) in [6.45, 7) is 6.33. The van der Waals surface area contributed by atoms with Gasteiger partial charge in [0.05, 0.1) is 12.6 Å². The predicted octanol–water partition coefficient (Wildman–Crippen LogP) is 4.28. The van der Waals surface area contributed by atoms with Crippen LogP contribution < -0.4 is 10.2 Å². The third kappa shape index (κ3) is 3.64. The van der Waals surface area contributed by atoms with Gasteiger partial charge in [0.2, 0.25) is 5.88 Å². The summed E-state index contributed by atoms with van der Waals surface area (Å²) in [6, 6.07) is 8.67. The van der Waals surface area contributed by atoms with Gasteiger partial charge < -0.3 is 9.30 Å². The van der Waals surface area contributed by atoms with Crippen molar-refractivity contribution in [3.8, 4) is 11.6 Å². The summed E-state index contributed by atoms with van der Waals surface area (Å²) in [5, 5.41) is 0.571. The lowest BCUT2D eigenvalue weighted by molar-refractivity contribution is 0.0622. The van der Waals surface area contributed by atoms with E-state index in [1.807, 2.05) is 42.1 Å². The Morgan fingerprint density at radius 2 is 2.09 bits per heavy atom. The Labute approximate surface area is 190 Å². The Kier molecular flexibility index (Phi) is 5.33. The van der Waals surface area contributed by atoms with E-state index in [0.717, 1.165) is 22.6 Å². The summed E-state index contributed by atoms with van der Waals surface area (Å²) in [7, 11) is 1.57. The number of pyridine rings is 1. The summed E-state index contributed by atoms with van der Waals surface area (Å²) in [5.41, 5.74) is 5.82. The van der Waals surface area contributed by atoms with E-state index in [1.165, 1.54) is 6.07 Å². The quantitative estimate of drug-likeness (QED) is 0.493. The van der Waals surface area contributed by atoms with Gasteiger partial charge in [0, 0.05) is 35.6 Å². The highest BCUT2D eigenvalue weighted by Gasteiger charge is 2.26. The van der Waals surface area contributed by atoms with Crippen LogP contribution in [0.15, 0.2) is 53.9 Å². The van der Waals surface area contributed by atoms with Gasteiger partial charge in [-0.15, -0.1) is 0 Å². The third-order valence-corrected chi connectivity index (χ3v) is 5.81. The number of aromatic nitrogens is 4. The average Bonchev–Trinajstić information content (AvgIpc) is 3.43. The number of ether oxygens (including phenoxy) is 1. The molecule has 1 unspecified atom stereocenters. The van der Waals surface area contributed by atoms with Crippen LogP contribution in [0.2, 0.25) is 0 Å². The van der Waals surface area contributed by atoms with E-state index in [-0.39, 0.29) is 24.5 Å². The molecule has 0 saturated heterocycles. The molecule has 0 saturated carbocycles. The Bertz CT molecular complexity index is 1360. The molecule has 1 N–H and O–H groups in total. The van der Waals surface area contributed by atoms with E-state index in [2.05, 4.69) is 33.9 Å². The Balaban J connectivity index is 1.57. The second-order valence-electron chi connectivity index (χ2n) is 8.20. The van der Waals surface area contributed by atoms with Crippen molar-refractivity contribution in [2.24, 2.45) is 4.99 Å². The molecular weight excluding hydrogens is 423 g/mol. The molecule has 170 valence electrons. The SMILES string of the molecule is COc1nc(C2=NC(c3cn(C(C)C)c4cccc(F)c34)CON2)ccc1-n1ccnc1C. The number of halogens is 1. The van der Waals surface area contributed by atoms with Crippen LogP contribution in [0.1, 0.15) is 43.0 Å². The second-order valence-corrected chi connectivity index (χ2v) is 8.20. The number of fused-ring (bicyclic) bond motifs is 1. The minimum atomic E-state index is -0.385. The van der Waals surface area contributed by atoms with Crippen LogP contribution in [0.5, 0.6) is 5.88 Å². The van der Waals surface area contributed by atoms with Gasteiger partial charge in [-0.05, 0) is 45.0 Å². The first kappa shape index (κ1) is 21.1. The van der Waals surface area contributed by atoms with E-state index >= 15 is 0 Å². The fourth-order valence-electron chi connectivity index (χ4n) is 4.19. The van der Waals surface area contributed by atoms with E-state index < -0.39 is 0 Å². The fraction of sp³-hybridized carbons (Fsp3) is 0.292. The highest BCUT2D eigenvalue weighted by molar-refractivity contribution is 5.97. The number of rotatable bonds is 5. The molecule has 33 heavy (non-hydrogen) atoms. The zero-order valence-electron chi connectivity index (χ0n) is 18.9. The molecule has 4 heterocycles. The molecule has 8 nitrogen and oxygen atoms in total. The molecular formula is C24H25FN6O2. The smallest absolute Gasteiger partial charge is 0.238 e. The molecule has 4 aromatic rings. The molecule has 1 aromatic carbocycles. The standard InChI is InChI=1S/C24H25FN6O2/c1-14(2)31-12-16(22-17(25)6-5-7-20(22)31)19-13-33-29-23(27-19)18-8-9-21(24(28-18)32-4)30-11-10-26-15(30)3/h5-12,14,19H,13H2,1-4H3,(H,27,29). The van der Waals surface area contributed by atoms with Crippen molar-refractivity contribution in [3.63, 3.8) is 0 Å². The summed E-state index contributed by atoms with van der Waals surface area (Å²) in [5.74, 6) is 1.45. The number of benzene rings is 1. The van der Waals surface area contributed by atoms with Crippen molar-refractivity contribution < 1.29 is 14.0 Å². The van der Waals surface area contributed by atoms with E-state index in [1.54, 1.807) is 19.4 Å². The van der Waals surface area contributed by atoms with E-state index in [4.69, 9.17) is 14.6 Å². The molecule has 0 amide bonds. The van der Waals surface area contributed by atoms with Gasteiger partial charge in [-0.1, -0.05) is 6.07 Å². The molecule has 9 heteroatoms. The number of hydroxylamine groups is 1.